The first kappa shape index (κ1) is 16.6. The summed E-state index contributed by atoms with van der Waals surface area (Å²) in [5.41, 5.74) is 1.99. The molecule has 1 aromatic heterocycles. The molecule has 0 bridgehead atoms. The summed E-state index contributed by atoms with van der Waals surface area (Å²) in [5, 5.41) is 23.2. The summed E-state index contributed by atoms with van der Waals surface area (Å²) in [6.45, 7) is 2.41. The van der Waals surface area contributed by atoms with Gasteiger partial charge < -0.3 is 10.4 Å². The molecule has 122 valence electrons. The Bertz CT molecular complexity index is 666. The van der Waals surface area contributed by atoms with Gasteiger partial charge in [-0.3, -0.25) is 9.59 Å². The molecule has 23 heavy (non-hydrogen) atoms. The second-order valence-corrected chi connectivity index (χ2v) is 5.21. The maximum atomic E-state index is 11.7. The van der Waals surface area contributed by atoms with Crippen LogP contribution in [0.15, 0.2) is 24.3 Å². The van der Waals surface area contributed by atoms with Gasteiger partial charge in [-0.15, -0.1) is 10.2 Å². The number of nitrogens with one attached hydrogen (secondary N) is 1. The topological polar surface area (TPSA) is 110 Å². The van der Waals surface area contributed by atoms with Gasteiger partial charge in [-0.2, -0.15) is 4.80 Å². The first-order chi connectivity index (χ1) is 11.0. The van der Waals surface area contributed by atoms with Gasteiger partial charge in [-0.25, -0.2) is 0 Å². The fraction of sp³-hybridized carbons (Fsp3) is 0.400. The summed E-state index contributed by atoms with van der Waals surface area (Å²) in [5.74, 6) is -0.584. The molecule has 0 saturated carbocycles. The minimum absolute atomic E-state index is 0.0161. The number of tetrazole rings is 1. The van der Waals surface area contributed by atoms with Crippen molar-refractivity contribution in [3.8, 4) is 11.4 Å². The molecule has 0 aliphatic heterocycles. The van der Waals surface area contributed by atoms with Crippen molar-refractivity contribution >= 4 is 11.9 Å². The van der Waals surface area contributed by atoms with Crippen LogP contribution in [0.1, 0.15) is 24.8 Å². The Morgan fingerprint density at radius 3 is 2.65 bits per heavy atom. The highest BCUT2D eigenvalue weighted by Gasteiger charge is 2.09. The number of carboxylic acid groups (broad SMARTS) is 1. The maximum absolute atomic E-state index is 11.7. The van der Waals surface area contributed by atoms with Crippen LogP contribution in [0.3, 0.4) is 0 Å². The van der Waals surface area contributed by atoms with Crippen LogP contribution in [0.5, 0.6) is 0 Å². The zero-order valence-electron chi connectivity index (χ0n) is 12.9. The Kier molecular flexibility index (Phi) is 5.79. The van der Waals surface area contributed by atoms with Crippen LogP contribution >= 0.6 is 0 Å². The molecule has 0 unspecified atom stereocenters. The number of unbranched alkanes of at least 4 members (excludes halogenated alkanes) is 1. The average molecular weight is 317 g/mol. The number of hydrogen-bond acceptors (Lipinski definition) is 5. The lowest BCUT2D eigenvalue weighted by atomic mass is 10.1. The van der Waals surface area contributed by atoms with Crippen molar-refractivity contribution in [1.29, 1.82) is 0 Å². The van der Waals surface area contributed by atoms with Crippen LogP contribution in [0.2, 0.25) is 0 Å². The van der Waals surface area contributed by atoms with Gasteiger partial charge in [0, 0.05) is 18.5 Å². The van der Waals surface area contributed by atoms with Crippen molar-refractivity contribution in [2.75, 3.05) is 6.54 Å². The van der Waals surface area contributed by atoms with Gasteiger partial charge in [-0.05, 0) is 25.0 Å². The summed E-state index contributed by atoms with van der Waals surface area (Å²) < 4.78 is 0. The lowest BCUT2D eigenvalue weighted by molar-refractivity contribution is -0.137. The second kappa shape index (κ2) is 8.02. The van der Waals surface area contributed by atoms with Crippen molar-refractivity contribution in [2.45, 2.75) is 32.7 Å². The summed E-state index contributed by atoms with van der Waals surface area (Å²) in [4.78, 5) is 23.3. The number of carbonyl (C=O) groups is 2. The number of carbonyl (C=O) groups excluding carboxylic acids is 1. The second-order valence-electron chi connectivity index (χ2n) is 5.21. The van der Waals surface area contributed by atoms with Crippen LogP contribution in [0.4, 0.5) is 0 Å². The van der Waals surface area contributed by atoms with Gasteiger partial charge in [0.15, 0.2) is 0 Å². The lowest BCUT2D eigenvalue weighted by Gasteiger charge is -2.03. The predicted octanol–water partition coefficient (Wildman–Crippen LogP) is 1.02. The highest BCUT2D eigenvalue weighted by molar-refractivity contribution is 5.75. The monoisotopic (exact) mass is 317 g/mol. The number of benzene rings is 1. The minimum Gasteiger partial charge on any atom is -0.481 e. The summed E-state index contributed by atoms with van der Waals surface area (Å²) in [6, 6.07) is 7.72. The van der Waals surface area contributed by atoms with E-state index in [1.807, 2.05) is 31.2 Å². The SMILES string of the molecule is Cc1ccc(-c2nnn(CC(=O)NCCCCC(=O)O)n2)cc1. The van der Waals surface area contributed by atoms with Crippen molar-refractivity contribution in [3.63, 3.8) is 0 Å². The molecule has 8 heteroatoms. The summed E-state index contributed by atoms with van der Waals surface area (Å²) >= 11 is 0. The van der Waals surface area contributed by atoms with E-state index >= 15 is 0 Å². The first-order valence-corrected chi connectivity index (χ1v) is 7.38. The molecule has 0 spiro atoms. The molecule has 0 aliphatic carbocycles. The largest absolute Gasteiger partial charge is 0.481 e. The third-order valence-electron chi connectivity index (χ3n) is 3.19. The highest BCUT2D eigenvalue weighted by atomic mass is 16.4. The van der Waals surface area contributed by atoms with Gasteiger partial charge in [0.1, 0.15) is 6.54 Å². The van der Waals surface area contributed by atoms with Crippen LogP contribution in [0, 0.1) is 6.92 Å². The molecule has 1 heterocycles. The van der Waals surface area contributed by atoms with E-state index in [-0.39, 0.29) is 18.9 Å². The smallest absolute Gasteiger partial charge is 0.303 e. The third-order valence-corrected chi connectivity index (χ3v) is 3.19. The molecule has 0 radical (unpaired) electrons. The fourth-order valence-electron chi connectivity index (χ4n) is 1.94. The lowest BCUT2D eigenvalue weighted by Crippen LogP contribution is -2.29. The molecule has 0 saturated heterocycles. The molecule has 1 amide bonds. The van der Waals surface area contributed by atoms with E-state index in [2.05, 4.69) is 20.7 Å². The number of rotatable bonds is 8. The Hall–Kier alpha value is -2.77. The fourth-order valence-corrected chi connectivity index (χ4v) is 1.94. The van der Waals surface area contributed by atoms with E-state index in [4.69, 9.17) is 5.11 Å². The van der Waals surface area contributed by atoms with Crippen LogP contribution in [-0.2, 0) is 16.1 Å². The first-order valence-electron chi connectivity index (χ1n) is 7.38. The number of aromatic nitrogens is 4. The van der Waals surface area contributed by atoms with E-state index in [0.29, 0.717) is 25.2 Å². The number of carboxylic acids is 1. The summed E-state index contributed by atoms with van der Waals surface area (Å²) in [6.07, 6.45) is 1.27. The molecule has 0 fully saturated rings. The maximum Gasteiger partial charge on any atom is 0.303 e. The Balaban J connectivity index is 1.78. The number of aryl methyl sites for hydroxylation is 1. The Morgan fingerprint density at radius 1 is 1.22 bits per heavy atom. The molecule has 8 nitrogen and oxygen atoms in total. The average Bonchev–Trinajstić information content (AvgIpc) is 2.95. The normalized spacial score (nSPS) is 10.5. The van der Waals surface area contributed by atoms with Crippen LogP contribution in [-0.4, -0.2) is 43.7 Å². The Labute approximate surface area is 133 Å². The standard InChI is InChI=1S/C15H19N5O3/c1-11-5-7-12(8-6-11)15-17-19-20(18-15)10-13(21)16-9-3-2-4-14(22)23/h5-8H,2-4,9-10H2,1H3,(H,16,21)(H,22,23). The van der Waals surface area contributed by atoms with E-state index in [9.17, 15) is 9.59 Å². The number of aliphatic carboxylic acids is 1. The van der Waals surface area contributed by atoms with Gasteiger partial charge in [0.25, 0.3) is 0 Å². The van der Waals surface area contributed by atoms with E-state index in [0.717, 1.165) is 11.1 Å². The molecule has 2 N–H and O–H groups in total. The molecular formula is C15H19N5O3. The van der Waals surface area contributed by atoms with Gasteiger partial charge in [-0.1, -0.05) is 29.8 Å². The van der Waals surface area contributed by atoms with Crippen molar-refractivity contribution < 1.29 is 14.7 Å². The van der Waals surface area contributed by atoms with Crippen LogP contribution < -0.4 is 5.32 Å². The van der Waals surface area contributed by atoms with E-state index in [1.165, 1.54) is 4.80 Å². The zero-order valence-corrected chi connectivity index (χ0v) is 12.9. The molecule has 2 rings (SSSR count). The minimum atomic E-state index is -0.827. The highest BCUT2D eigenvalue weighted by Crippen LogP contribution is 2.13. The van der Waals surface area contributed by atoms with Crippen molar-refractivity contribution in [1.82, 2.24) is 25.5 Å². The van der Waals surface area contributed by atoms with Crippen molar-refractivity contribution in [2.24, 2.45) is 0 Å². The number of hydrogen-bond donors (Lipinski definition) is 2. The van der Waals surface area contributed by atoms with E-state index < -0.39 is 5.97 Å². The number of amides is 1. The third kappa shape index (κ3) is 5.50. The molecule has 0 aliphatic rings. The molecule has 1 aromatic carbocycles. The predicted molar refractivity (Wildman–Crippen MR) is 82.5 cm³/mol. The molecule has 0 atom stereocenters. The number of nitrogens with zero attached hydrogens (tertiary/aromatic N) is 4. The van der Waals surface area contributed by atoms with E-state index in [1.54, 1.807) is 0 Å². The van der Waals surface area contributed by atoms with Gasteiger partial charge >= 0.3 is 5.97 Å². The summed E-state index contributed by atoms with van der Waals surface area (Å²) in [7, 11) is 0. The van der Waals surface area contributed by atoms with Gasteiger partial charge in [0.05, 0.1) is 0 Å². The zero-order chi connectivity index (χ0) is 16.7. The van der Waals surface area contributed by atoms with Crippen molar-refractivity contribution in [3.05, 3.63) is 29.8 Å². The quantitative estimate of drug-likeness (QED) is 0.703. The Morgan fingerprint density at radius 2 is 1.96 bits per heavy atom. The van der Waals surface area contributed by atoms with Crippen LogP contribution in [0.25, 0.3) is 11.4 Å². The molecular weight excluding hydrogens is 298 g/mol. The van der Waals surface area contributed by atoms with Gasteiger partial charge in [0.2, 0.25) is 11.7 Å². The molecule has 2 aromatic rings.